The Morgan fingerprint density at radius 1 is 1.54 bits per heavy atom. The van der Waals surface area contributed by atoms with E-state index in [1.165, 1.54) is 6.08 Å². The molecule has 0 saturated heterocycles. The van der Waals surface area contributed by atoms with Crippen molar-refractivity contribution < 1.29 is 10.2 Å². The van der Waals surface area contributed by atoms with Crippen LogP contribution in [0.4, 0.5) is 0 Å². The zero-order valence-electron chi connectivity index (χ0n) is 7.04. The van der Waals surface area contributed by atoms with Crippen LogP contribution in [-0.4, -0.2) is 29.0 Å². The second-order valence-corrected chi connectivity index (χ2v) is 2.77. The number of aliphatic hydroxyl groups is 2. The van der Waals surface area contributed by atoms with E-state index in [0.717, 1.165) is 0 Å². The summed E-state index contributed by atoms with van der Waals surface area (Å²) in [5.41, 5.74) is 8.72. The lowest BCUT2D eigenvalue weighted by Crippen LogP contribution is -2.28. The van der Waals surface area contributed by atoms with E-state index in [4.69, 9.17) is 5.53 Å². The van der Waals surface area contributed by atoms with Gasteiger partial charge in [-0.1, -0.05) is 23.3 Å². The molecular weight excluding hydrogens is 170 g/mol. The number of rotatable bonds is 3. The average molecular weight is 181 g/mol. The maximum Gasteiger partial charge on any atom is 0.105 e. The zero-order chi connectivity index (χ0) is 9.68. The molecule has 13 heavy (non-hydrogen) atoms. The Labute approximate surface area is 75.6 Å². The third kappa shape index (κ3) is 2.59. The van der Waals surface area contributed by atoms with Crippen molar-refractivity contribution in [3.05, 3.63) is 34.2 Å². The minimum absolute atomic E-state index is 0.306. The predicted molar refractivity (Wildman–Crippen MR) is 47.9 cm³/mol. The van der Waals surface area contributed by atoms with Crippen LogP contribution in [0.25, 0.3) is 10.4 Å². The monoisotopic (exact) mass is 181 g/mol. The van der Waals surface area contributed by atoms with Crippen molar-refractivity contribution in [3.63, 3.8) is 0 Å². The lowest BCUT2D eigenvalue weighted by Gasteiger charge is -2.20. The third-order valence-electron chi connectivity index (χ3n) is 1.89. The SMILES string of the molecule is [N-]=[N+]=NCCC1=CC=C[C@H](O)[C@@H]1O. The fraction of sp³-hybridized carbons (Fsp3) is 0.500. The first-order valence-corrected chi connectivity index (χ1v) is 4.00. The van der Waals surface area contributed by atoms with Gasteiger partial charge in [0.1, 0.15) is 12.2 Å². The number of azide groups is 1. The van der Waals surface area contributed by atoms with Crippen LogP contribution in [0.1, 0.15) is 6.42 Å². The molecule has 0 fully saturated rings. The van der Waals surface area contributed by atoms with Gasteiger partial charge in [0.2, 0.25) is 0 Å². The Hall–Kier alpha value is -1.29. The van der Waals surface area contributed by atoms with Crippen LogP contribution in [0.15, 0.2) is 28.9 Å². The summed E-state index contributed by atoms with van der Waals surface area (Å²) in [4.78, 5) is 2.60. The van der Waals surface area contributed by atoms with Gasteiger partial charge in [-0.2, -0.15) is 0 Å². The molecule has 70 valence electrons. The number of hydrogen-bond donors (Lipinski definition) is 2. The van der Waals surface area contributed by atoms with Crippen molar-refractivity contribution in [1.29, 1.82) is 0 Å². The third-order valence-corrected chi connectivity index (χ3v) is 1.89. The van der Waals surface area contributed by atoms with E-state index in [2.05, 4.69) is 10.0 Å². The molecule has 0 aromatic rings. The van der Waals surface area contributed by atoms with Gasteiger partial charge >= 0.3 is 0 Å². The number of nitrogens with zero attached hydrogens (tertiary/aromatic N) is 3. The molecule has 1 aliphatic rings. The predicted octanol–water partition coefficient (Wildman–Crippen LogP) is 0.905. The summed E-state index contributed by atoms with van der Waals surface area (Å²) in [5, 5.41) is 22.0. The van der Waals surface area contributed by atoms with Crippen molar-refractivity contribution in [2.24, 2.45) is 5.11 Å². The molecule has 0 aromatic carbocycles. The molecule has 0 radical (unpaired) electrons. The highest BCUT2D eigenvalue weighted by Gasteiger charge is 2.19. The van der Waals surface area contributed by atoms with E-state index in [9.17, 15) is 10.2 Å². The Kier molecular flexibility index (Phi) is 3.52. The molecule has 0 aromatic heterocycles. The highest BCUT2D eigenvalue weighted by atomic mass is 16.3. The van der Waals surface area contributed by atoms with Gasteiger partial charge in [-0.05, 0) is 17.5 Å². The van der Waals surface area contributed by atoms with Gasteiger partial charge in [-0.15, -0.1) is 0 Å². The average Bonchev–Trinajstić information content (AvgIpc) is 2.13. The van der Waals surface area contributed by atoms with Gasteiger partial charge in [0.15, 0.2) is 0 Å². The van der Waals surface area contributed by atoms with Crippen molar-refractivity contribution in [2.45, 2.75) is 18.6 Å². The van der Waals surface area contributed by atoms with E-state index in [-0.39, 0.29) is 0 Å². The first-order valence-electron chi connectivity index (χ1n) is 4.00. The molecule has 0 amide bonds. The van der Waals surface area contributed by atoms with Crippen LogP contribution in [0.2, 0.25) is 0 Å². The first kappa shape index (κ1) is 9.80. The van der Waals surface area contributed by atoms with Crippen molar-refractivity contribution >= 4 is 0 Å². The Bertz CT molecular complexity index is 279. The van der Waals surface area contributed by atoms with E-state index < -0.39 is 12.2 Å². The minimum Gasteiger partial charge on any atom is -0.386 e. The summed E-state index contributed by atoms with van der Waals surface area (Å²) in [6.45, 7) is 0.306. The van der Waals surface area contributed by atoms with Gasteiger partial charge in [-0.3, -0.25) is 0 Å². The number of aliphatic hydroxyl groups excluding tert-OH is 2. The Balaban J connectivity index is 2.53. The maximum absolute atomic E-state index is 9.43. The Morgan fingerprint density at radius 3 is 3.00 bits per heavy atom. The van der Waals surface area contributed by atoms with Crippen LogP contribution in [-0.2, 0) is 0 Å². The van der Waals surface area contributed by atoms with Crippen LogP contribution in [0.3, 0.4) is 0 Å². The molecule has 0 heterocycles. The molecule has 5 nitrogen and oxygen atoms in total. The van der Waals surface area contributed by atoms with Crippen molar-refractivity contribution in [1.82, 2.24) is 0 Å². The topological polar surface area (TPSA) is 89.2 Å². The standard InChI is InChI=1S/C8H11N3O2/c9-11-10-5-4-6-2-1-3-7(12)8(6)13/h1-3,7-8,12-13H,4-5H2/t7-,8+/m0/s1. The molecule has 0 unspecified atom stereocenters. The highest BCUT2D eigenvalue weighted by molar-refractivity contribution is 5.25. The normalized spacial score (nSPS) is 26.5. The quantitative estimate of drug-likeness (QED) is 0.385. The van der Waals surface area contributed by atoms with Gasteiger partial charge < -0.3 is 10.2 Å². The van der Waals surface area contributed by atoms with Crippen molar-refractivity contribution in [2.75, 3.05) is 6.54 Å². The molecule has 2 atom stereocenters. The van der Waals surface area contributed by atoms with Gasteiger partial charge in [-0.25, -0.2) is 0 Å². The van der Waals surface area contributed by atoms with Crippen LogP contribution >= 0.6 is 0 Å². The van der Waals surface area contributed by atoms with E-state index in [0.29, 0.717) is 18.5 Å². The summed E-state index contributed by atoms with van der Waals surface area (Å²) in [7, 11) is 0. The Morgan fingerprint density at radius 2 is 2.31 bits per heavy atom. The lowest BCUT2D eigenvalue weighted by atomic mass is 9.97. The lowest BCUT2D eigenvalue weighted by molar-refractivity contribution is 0.0695. The van der Waals surface area contributed by atoms with Crippen LogP contribution in [0, 0.1) is 0 Å². The van der Waals surface area contributed by atoms with Gasteiger partial charge in [0, 0.05) is 11.5 Å². The van der Waals surface area contributed by atoms with Crippen LogP contribution in [0.5, 0.6) is 0 Å². The highest BCUT2D eigenvalue weighted by Crippen LogP contribution is 2.16. The van der Waals surface area contributed by atoms with Gasteiger partial charge in [0.05, 0.1) is 0 Å². The molecule has 0 aliphatic heterocycles. The number of allylic oxidation sites excluding steroid dienone is 2. The molecule has 0 spiro atoms. The summed E-state index contributed by atoms with van der Waals surface area (Å²) < 4.78 is 0. The molecule has 0 bridgehead atoms. The van der Waals surface area contributed by atoms with Gasteiger partial charge in [0.25, 0.3) is 0 Å². The first-order chi connectivity index (χ1) is 6.25. The molecule has 5 heteroatoms. The number of hydrogen-bond acceptors (Lipinski definition) is 3. The smallest absolute Gasteiger partial charge is 0.105 e. The zero-order valence-corrected chi connectivity index (χ0v) is 7.04. The van der Waals surface area contributed by atoms with Crippen molar-refractivity contribution in [3.8, 4) is 0 Å². The fourth-order valence-electron chi connectivity index (χ4n) is 1.17. The summed E-state index contributed by atoms with van der Waals surface area (Å²) >= 11 is 0. The summed E-state index contributed by atoms with van der Waals surface area (Å²) in [6, 6.07) is 0. The minimum atomic E-state index is -0.862. The molecular formula is C8H11N3O2. The maximum atomic E-state index is 9.43. The second-order valence-electron chi connectivity index (χ2n) is 2.77. The summed E-state index contributed by atoms with van der Waals surface area (Å²) in [6.07, 6.45) is 3.70. The second kappa shape index (κ2) is 4.67. The molecule has 1 rings (SSSR count). The summed E-state index contributed by atoms with van der Waals surface area (Å²) in [5.74, 6) is 0. The fourth-order valence-corrected chi connectivity index (χ4v) is 1.17. The van der Waals surface area contributed by atoms with E-state index in [1.807, 2.05) is 0 Å². The van der Waals surface area contributed by atoms with Crippen LogP contribution < -0.4 is 0 Å². The molecule has 1 aliphatic carbocycles. The largest absolute Gasteiger partial charge is 0.386 e. The van der Waals surface area contributed by atoms with E-state index in [1.54, 1.807) is 12.2 Å². The molecule has 0 saturated carbocycles. The van der Waals surface area contributed by atoms with E-state index >= 15 is 0 Å². The molecule has 2 N–H and O–H groups in total.